The Morgan fingerprint density at radius 1 is 0.243 bits per heavy atom. The molecule has 0 bridgehead atoms. The fourth-order valence-electron chi connectivity index (χ4n) is 17.8. The Morgan fingerprint density at radius 3 is 0.814 bits per heavy atom. The van der Waals surface area contributed by atoms with Crippen LogP contribution >= 0.6 is 0 Å². The summed E-state index contributed by atoms with van der Waals surface area (Å²) < 4.78 is 24.9. The second-order valence-electron chi connectivity index (χ2n) is 33.7. The molecule has 0 amide bonds. The van der Waals surface area contributed by atoms with Gasteiger partial charge in [-0.1, -0.05) is 60.7 Å². The third kappa shape index (κ3) is 20.0. The van der Waals surface area contributed by atoms with Crippen molar-refractivity contribution in [1.82, 2.24) is 39.5 Å². The number of rotatable bonds is 4. The maximum Gasteiger partial charge on any atom is 3.00 e. The van der Waals surface area contributed by atoms with Crippen molar-refractivity contribution in [3.8, 4) is 68.0 Å². The van der Waals surface area contributed by atoms with Gasteiger partial charge in [0.2, 0.25) is 0 Å². The van der Waals surface area contributed by atoms with Gasteiger partial charge in [-0.05, 0) is 256 Å². The zero-order chi connectivity index (χ0) is 92.3. The quantitative estimate of drug-likeness (QED) is 0.122. The summed E-state index contributed by atoms with van der Waals surface area (Å²) in [6.45, 7) is 16.3. The number of benzene rings is 12. The summed E-state index contributed by atoms with van der Waals surface area (Å²) >= 11 is 0. The van der Waals surface area contributed by atoms with E-state index in [4.69, 9.17) is 18.6 Å². The average Bonchev–Trinajstić information content (AvgIpc) is 1.57. The third-order valence-corrected chi connectivity index (χ3v) is 24.0. The average molecular weight is 2530 g/mol. The van der Waals surface area contributed by atoms with Gasteiger partial charge in [0.15, 0.2) is 0 Å². The number of aryl methyl sites for hydroxylation is 4. The standard InChI is InChI=1S/4C18H12BN2O.4C10H10N2.4Ir/c2*1-12-10-14-18(20-11-12)13-6-2-3-7-15(13)21-16-8-4-5-9-17(16)22-19(14)21;2*1-12-8-9-17-16(11-12)21-15-7-3-2-5-13(15)18-14(19(21)22-17)6-4-10-20-18;4*1-11-7-8-12(9-11)10-5-3-2-4-6-10;;;;/h2*2-5,7-11H,1H3;2*2-4,6-11H,1H3;4*2-5,7-9H,1H3;;;;/q4*-1;4*-2;4*+3. The number of anilines is 12. The second-order valence-corrected chi connectivity index (χ2v) is 33.7. The monoisotopic (exact) mass is 2540 g/mol. The molecule has 0 saturated heterocycles. The number of para-hydroxylation sites is 8. The van der Waals surface area contributed by atoms with E-state index >= 15 is 0 Å². The molecule has 0 spiro atoms. The van der Waals surface area contributed by atoms with E-state index in [9.17, 15) is 0 Å². The maximum absolute atomic E-state index is 6.22. The van der Waals surface area contributed by atoms with Gasteiger partial charge in [-0.3, -0.25) is 0 Å². The van der Waals surface area contributed by atoms with E-state index in [1.807, 2.05) is 375 Å². The molecule has 688 valence electrons. The van der Waals surface area contributed by atoms with Crippen LogP contribution in [0, 0.1) is 103 Å². The zero-order valence-corrected chi connectivity index (χ0v) is 87.0. The Bertz CT molecular complexity index is 6670. The minimum absolute atomic E-state index is 0. The van der Waals surface area contributed by atoms with Crippen LogP contribution < -0.4 is 79.3 Å². The first-order chi connectivity index (χ1) is 66.7. The van der Waals surface area contributed by atoms with Crippen LogP contribution in [-0.4, -0.2) is 95.9 Å². The second kappa shape index (κ2) is 43.5. The van der Waals surface area contributed by atoms with Crippen LogP contribution in [0.25, 0.3) is 45.0 Å². The Hall–Kier alpha value is -14.1. The number of nitrogens with zero attached hydrogens (tertiary/aromatic N) is 16. The Morgan fingerprint density at radius 2 is 0.514 bits per heavy atom. The molecule has 0 radical (unpaired) electrons. The van der Waals surface area contributed by atoms with Crippen LogP contribution in [0.15, 0.2) is 366 Å². The van der Waals surface area contributed by atoms with Gasteiger partial charge in [-0.15, -0.1) is 142 Å². The summed E-state index contributed by atoms with van der Waals surface area (Å²) in [5.41, 5.74) is 30.2. The van der Waals surface area contributed by atoms with Crippen LogP contribution in [0.4, 0.5) is 68.2 Å². The minimum atomic E-state index is -0.150. The van der Waals surface area contributed by atoms with Crippen LogP contribution in [0.5, 0.6) is 23.0 Å². The van der Waals surface area contributed by atoms with Gasteiger partial charge in [-0.2, -0.15) is 148 Å². The van der Waals surface area contributed by atoms with Crippen LogP contribution in [-0.2, 0) is 80.4 Å². The number of hydrogen-bond donors (Lipinski definition) is 0. The van der Waals surface area contributed by atoms with Crippen LogP contribution in [0.3, 0.4) is 0 Å². The van der Waals surface area contributed by atoms with Crippen molar-refractivity contribution >= 4 is 118 Å². The van der Waals surface area contributed by atoms with Crippen molar-refractivity contribution in [3.63, 3.8) is 0 Å². The van der Waals surface area contributed by atoms with E-state index in [1.165, 1.54) is 11.1 Å². The first kappa shape index (κ1) is 97.5. The Balaban J connectivity index is 0.000000112. The summed E-state index contributed by atoms with van der Waals surface area (Å²) in [5.74, 6) is 3.66. The fourth-order valence-corrected chi connectivity index (χ4v) is 17.8. The molecule has 140 heavy (non-hydrogen) atoms. The van der Waals surface area contributed by atoms with Gasteiger partial charge in [-0.25, -0.2) is 0 Å². The number of aromatic nitrogens is 4. The largest absolute Gasteiger partial charge is 3.00 e. The summed E-state index contributed by atoms with van der Waals surface area (Å²) in [5, 5.41) is 0. The van der Waals surface area contributed by atoms with E-state index in [0.717, 1.165) is 169 Å². The number of pyridine rings is 4. The molecule has 0 N–H and O–H groups in total. The normalized spacial score (nSPS) is 14.1. The molecule has 28 rings (SSSR count). The molecule has 0 atom stereocenters. The first-order valence-corrected chi connectivity index (χ1v) is 44.9. The summed E-state index contributed by atoms with van der Waals surface area (Å²) in [6.07, 6.45) is 23.5. The van der Waals surface area contributed by atoms with E-state index < -0.39 is 0 Å². The molecule has 28 heteroatoms. The SMILES string of the molecule is CN1C=CN(c2[c-]cccc2)[CH-]1.CN1C=CN(c2[c-]cccc2)[CH-]1.CN1C=CN(c2[c-]cccc2)[CH-]1.CN1C=CN(c2[c-]cccc2)[CH-]1.Cc1ccc2c(c1)N1B(O2)c2cccnc2-c2[c-]cccc21.Cc1ccc2c(c1)N1B(O2)c2cccnc2-c2[c-]cccc21.Cc1cnc2c(c1)B1Oc3ccccc3N1c1ccc[c-]c1-2.Cc1cnc2c(c1)B1Oc3ccccc3N1c1ccc[c-]c1-2.[Ir+3].[Ir+3].[Ir+3].[Ir+3]. The van der Waals surface area contributed by atoms with Gasteiger partial charge < -0.3 is 97.0 Å². The van der Waals surface area contributed by atoms with Gasteiger partial charge in [0.05, 0.1) is 22.7 Å². The van der Waals surface area contributed by atoms with E-state index in [2.05, 4.69) is 200 Å². The van der Waals surface area contributed by atoms with Gasteiger partial charge in [0.25, 0.3) is 0 Å². The van der Waals surface area contributed by atoms with Gasteiger partial charge in [0.1, 0.15) is 23.0 Å². The molecule has 20 nitrogen and oxygen atoms in total. The molecule has 12 aliphatic rings. The molecule has 12 aromatic carbocycles. The molecule has 12 aliphatic heterocycles. The first-order valence-electron chi connectivity index (χ1n) is 44.9. The van der Waals surface area contributed by atoms with E-state index in [1.54, 1.807) is 0 Å². The predicted octanol–water partition coefficient (Wildman–Crippen LogP) is 19.7. The van der Waals surface area contributed by atoms with Gasteiger partial charge in [0, 0.05) is 24.8 Å². The Kier molecular flexibility index (Phi) is 30.3. The van der Waals surface area contributed by atoms with Crippen molar-refractivity contribution in [1.29, 1.82) is 0 Å². The number of hydrogen-bond acceptors (Lipinski definition) is 20. The minimum Gasteiger partial charge on any atom is -0.537 e. The molecule has 0 aliphatic carbocycles. The molecule has 0 saturated carbocycles. The van der Waals surface area contributed by atoms with E-state index in [-0.39, 0.29) is 109 Å². The topological polar surface area (TPSA) is 127 Å². The van der Waals surface area contributed by atoms with E-state index in [0.29, 0.717) is 0 Å². The molecular formula is C112H88B4Ir4N16O4. The fraction of sp³-hybridized carbons (Fsp3) is 0.0714. The molecule has 4 aromatic heterocycles. The zero-order valence-electron chi connectivity index (χ0n) is 77.4. The molecule has 0 fully saturated rings. The smallest absolute Gasteiger partial charge is 0.537 e. The maximum atomic E-state index is 6.22. The molecule has 16 heterocycles. The summed E-state index contributed by atoms with van der Waals surface area (Å²) in [7, 11) is 7.40. The van der Waals surface area contributed by atoms with Crippen LogP contribution in [0.1, 0.15) is 22.3 Å². The number of fused-ring (bicyclic) bond motifs is 32. The van der Waals surface area contributed by atoms with Crippen molar-refractivity contribution in [2.45, 2.75) is 27.7 Å². The van der Waals surface area contributed by atoms with Crippen molar-refractivity contribution in [2.24, 2.45) is 0 Å². The summed E-state index contributed by atoms with van der Waals surface area (Å²) in [4.78, 5) is 43.5. The Labute approximate surface area is 875 Å². The molecule has 16 aromatic rings. The van der Waals surface area contributed by atoms with Crippen molar-refractivity contribution in [2.75, 3.05) is 67.0 Å². The molecule has 0 unspecified atom stereocenters. The van der Waals surface area contributed by atoms with Crippen LogP contribution in [0.2, 0.25) is 0 Å². The van der Waals surface area contributed by atoms with Crippen molar-refractivity contribution < 1.29 is 99.0 Å². The summed E-state index contributed by atoms with van der Waals surface area (Å²) in [6, 6.07) is 123. The van der Waals surface area contributed by atoms with Crippen molar-refractivity contribution in [3.05, 3.63) is 463 Å². The van der Waals surface area contributed by atoms with Gasteiger partial charge >= 0.3 is 109 Å². The molecular weight excluding hydrogens is 2450 g/mol. The third-order valence-electron chi connectivity index (χ3n) is 24.0. The predicted molar refractivity (Wildman–Crippen MR) is 547 cm³/mol.